The zero-order valence-electron chi connectivity index (χ0n) is 13.5. The SMILES string of the molecule is CC(C)c1nnc(N2CCN(C(=O)c3cc(F)cc(Br)c3)CC2)o1. The summed E-state index contributed by atoms with van der Waals surface area (Å²) >= 11 is 3.21. The molecule has 128 valence electrons. The Hall–Kier alpha value is -1.96. The lowest BCUT2D eigenvalue weighted by molar-refractivity contribution is 0.0744. The van der Waals surface area contributed by atoms with Gasteiger partial charge in [0, 0.05) is 42.1 Å². The van der Waals surface area contributed by atoms with Crippen LogP contribution < -0.4 is 4.90 Å². The minimum Gasteiger partial charge on any atom is -0.408 e. The van der Waals surface area contributed by atoms with E-state index < -0.39 is 5.82 Å². The van der Waals surface area contributed by atoms with Crippen molar-refractivity contribution in [1.29, 1.82) is 0 Å². The van der Waals surface area contributed by atoms with Crippen molar-refractivity contribution in [2.75, 3.05) is 31.1 Å². The standard InChI is InChI=1S/C16H18BrFN4O2/c1-10(2)14-19-20-16(24-14)22-5-3-21(4-6-22)15(23)11-7-12(17)9-13(18)8-11/h7-10H,3-6H2,1-2H3. The summed E-state index contributed by atoms with van der Waals surface area (Å²) in [6.07, 6.45) is 0. The van der Waals surface area contributed by atoms with Crippen molar-refractivity contribution in [2.24, 2.45) is 0 Å². The first-order chi connectivity index (χ1) is 11.4. The Morgan fingerprint density at radius 2 is 1.92 bits per heavy atom. The summed E-state index contributed by atoms with van der Waals surface area (Å²) in [7, 11) is 0. The summed E-state index contributed by atoms with van der Waals surface area (Å²) in [5.74, 6) is 0.176. The summed E-state index contributed by atoms with van der Waals surface area (Å²) in [5.41, 5.74) is 0.343. The fourth-order valence-electron chi connectivity index (χ4n) is 2.55. The van der Waals surface area contributed by atoms with Gasteiger partial charge < -0.3 is 14.2 Å². The second-order valence-corrected chi connectivity index (χ2v) is 6.93. The molecule has 0 bridgehead atoms. The summed E-state index contributed by atoms with van der Waals surface area (Å²) in [5, 5.41) is 8.09. The molecule has 0 spiro atoms. The molecule has 1 saturated heterocycles. The molecule has 24 heavy (non-hydrogen) atoms. The van der Waals surface area contributed by atoms with Gasteiger partial charge in [0.1, 0.15) is 5.82 Å². The molecule has 3 rings (SSSR count). The van der Waals surface area contributed by atoms with Gasteiger partial charge in [-0.3, -0.25) is 4.79 Å². The van der Waals surface area contributed by atoms with E-state index in [-0.39, 0.29) is 11.8 Å². The molecule has 2 aromatic rings. The first kappa shape index (κ1) is 16.9. The number of anilines is 1. The third kappa shape index (κ3) is 3.58. The van der Waals surface area contributed by atoms with Crippen LogP contribution in [0, 0.1) is 5.82 Å². The van der Waals surface area contributed by atoms with Gasteiger partial charge in [0.25, 0.3) is 5.91 Å². The third-order valence-corrected chi connectivity index (χ3v) is 4.33. The van der Waals surface area contributed by atoms with Crippen LogP contribution in [0.15, 0.2) is 27.1 Å². The molecule has 0 unspecified atom stereocenters. The number of amides is 1. The fourth-order valence-corrected chi connectivity index (χ4v) is 3.01. The van der Waals surface area contributed by atoms with Crippen LogP contribution in [0.5, 0.6) is 0 Å². The Morgan fingerprint density at radius 3 is 2.50 bits per heavy atom. The first-order valence-electron chi connectivity index (χ1n) is 7.78. The Morgan fingerprint density at radius 1 is 1.21 bits per heavy atom. The second kappa shape index (κ2) is 6.88. The molecule has 0 N–H and O–H groups in total. The molecule has 1 aromatic carbocycles. The van der Waals surface area contributed by atoms with Crippen LogP contribution in [0.2, 0.25) is 0 Å². The number of benzene rings is 1. The van der Waals surface area contributed by atoms with Gasteiger partial charge in [0.2, 0.25) is 5.89 Å². The molecule has 2 heterocycles. The quantitative estimate of drug-likeness (QED) is 0.797. The monoisotopic (exact) mass is 396 g/mol. The highest BCUT2D eigenvalue weighted by Gasteiger charge is 2.25. The van der Waals surface area contributed by atoms with Crippen LogP contribution in [0.25, 0.3) is 0 Å². The molecule has 1 fully saturated rings. The highest BCUT2D eigenvalue weighted by molar-refractivity contribution is 9.10. The smallest absolute Gasteiger partial charge is 0.318 e. The van der Waals surface area contributed by atoms with Crippen LogP contribution in [0.4, 0.5) is 10.4 Å². The first-order valence-corrected chi connectivity index (χ1v) is 8.57. The maximum Gasteiger partial charge on any atom is 0.318 e. The van der Waals surface area contributed by atoms with E-state index in [0.717, 1.165) is 0 Å². The van der Waals surface area contributed by atoms with E-state index in [0.29, 0.717) is 48.1 Å². The van der Waals surface area contributed by atoms with E-state index in [1.807, 2.05) is 18.7 Å². The van der Waals surface area contributed by atoms with Crippen molar-refractivity contribution in [1.82, 2.24) is 15.1 Å². The third-order valence-electron chi connectivity index (χ3n) is 3.87. The van der Waals surface area contributed by atoms with E-state index in [4.69, 9.17) is 4.42 Å². The van der Waals surface area contributed by atoms with Crippen molar-refractivity contribution in [3.63, 3.8) is 0 Å². The summed E-state index contributed by atoms with van der Waals surface area (Å²) < 4.78 is 19.7. The maximum absolute atomic E-state index is 13.5. The van der Waals surface area contributed by atoms with E-state index in [9.17, 15) is 9.18 Å². The predicted octanol–water partition coefficient (Wildman–Crippen LogP) is 3.06. The molecule has 0 aliphatic carbocycles. The number of hydrogen-bond acceptors (Lipinski definition) is 5. The predicted molar refractivity (Wildman–Crippen MR) is 90.6 cm³/mol. The molecule has 1 aromatic heterocycles. The van der Waals surface area contributed by atoms with Crippen LogP contribution in [0.1, 0.15) is 36.0 Å². The van der Waals surface area contributed by atoms with Gasteiger partial charge >= 0.3 is 6.01 Å². The van der Waals surface area contributed by atoms with Gasteiger partial charge in [-0.15, -0.1) is 5.10 Å². The van der Waals surface area contributed by atoms with Crippen LogP contribution in [-0.2, 0) is 0 Å². The van der Waals surface area contributed by atoms with Crippen LogP contribution in [-0.4, -0.2) is 47.2 Å². The van der Waals surface area contributed by atoms with E-state index in [2.05, 4.69) is 26.1 Å². The Balaban J connectivity index is 1.64. The van der Waals surface area contributed by atoms with E-state index >= 15 is 0 Å². The topological polar surface area (TPSA) is 62.5 Å². The Labute approximate surface area is 147 Å². The highest BCUT2D eigenvalue weighted by Crippen LogP contribution is 2.21. The molecule has 0 atom stereocenters. The normalized spacial score (nSPS) is 15.2. The Kier molecular flexibility index (Phi) is 4.84. The number of piperazine rings is 1. The lowest BCUT2D eigenvalue weighted by Gasteiger charge is -2.33. The van der Waals surface area contributed by atoms with Gasteiger partial charge in [-0.1, -0.05) is 34.9 Å². The molecule has 1 aliphatic rings. The second-order valence-electron chi connectivity index (χ2n) is 6.01. The van der Waals surface area contributed by atoms with Gasteiger partial charge in [-0.25, -0.2) is 4.39 Å². The highest BCUT2D eigenvalue weighted by atomic mass is 79.9. The molecule has 0 radical (unpaired) electrons. The largest absolute Gasteiger partial charge is 0.408 e. The number of aromatic nitrogens is 2. The maximum atomic E-state index is 13.5. The van der Waals surface area contributed by atoms with Crippen molar-refractivity contribution in [3.05, 3.63) is 39.9 Å². The molecule has 1 amide bonds. The lowest BCUT2D eigenvalue weighted by atomic mass is 10.2. The van der Waals surface area contributed by atoms with Gasteiger partial charge in [0.15, 0.2) is 0 Å². The number of nitrogens with zero attached hydrogens (tertiary/aromatic N) is 4. The number of carbonyl (C=O) groups is 1. The van der Waals surface area contributed by atoms with Crippen molar-refractivity contribution in [2.45, 2.75) is 19.8 Å². The number of hydrogen-bond donors (Lipinski definition) is 0. The molecular weight excluding hydrogens is 379 g/mol. The van der Waals surface area contributed by atoms with Crippen LogP contribution in [0.3, 0.4) is 0 Å². The van der Waals surface area contributed by atoms with Gasteiger partial charge in [-0.05, 0) is 18.2 Å². The van der Waals surface area contributed by atoms with Gasteiger partial charge in [0.05, 0.1) is 0 Å². The fraction of sp³-hybridized carbons (Fsp3) is 0.438. The van der Waals surface area contributed by atoms with Crippen molar-refractivity contribution in [3.8, 4) is 0 Å². The van der Waals surface area contributed by atoms with E-state index in [1.54, 1.807) is 11.0 Å². The summed E-state index contributed by atoms with van der Waals surface area (Å²) in [6.45, 7) is 6.22. The summed E-state index contributed by atoms with van der Waals surface area (Å²) in [6, 6.07) is 4.70. The van der Waals surface area contributed by atoms with Gasteiger partial charge in [-0.2, -0.15) is 0 Å². The number of halogens is 2. The molecule has 1 aliphatic heterocycles. The summed E-state index contributed by atoms with van der Waals surface area (Å²) in [4.78, 5) is 16.2. The van der Waals surface area contributed by atoms with Crippen molar-refractivity contribution < 1.29 is 13.6 Å². The molecule has 6 nitrogen and oxygen atoms in total. The number of rotatable bonds is 3. The molecule has 0 saturated carbocycles. The van der Waals surface area contributed by atoms with Crippen molar-refractivity contribution >= 4 is 27.9 Å². The lowest BCUT2D eigenvalue weighted by Crippen LogP contribution is -2.49. The van der Waals surface area contributed by atoms with E-state index in [1.165, 1.54) is 12.1 Å². The Bertz CT molecular complexity index is 721. The zero-order chi connectivity index (χ0) is 17.3. The zero-order valence-corrected chi connectivity index (χ0v) is 15.1. The average molecular weight is 397 g/mol. The molecule has 8 heteroatoms. The minimum absolute atomic E-state index is 0.178. The molecular formula is C16H18BrFN4O2. The van der Waals surface area contributed by atoms with Crippen LogP contribution >= 0.6 is 15.9 Å². The minimum atomic E-state index is -0.432. The number of carbonyl (C=O) groups excluding carboxylic acids is 1. The average Bonchev–Trinajstić information content (AvgIpc) is 3.03.